The van der Waals surface area contributed by atoms with Crippen LogP contribution >= 0.6 is 23.8 Å². The Hall–Kier alpha value is -6.08. The molecule has 1 saturated heterocycles. The third-order valence-corrected chi connectivity index (χ3v) is 14.5. The van der Waals surface area contributed by atoms with Crippen molar-refractivity contribution in [3.8, 4) is 0 Å². The van der Waals surface area contributed by atoms with Gasteiger partial charge in [0.2, 0.25) is 15.9 Å². The van der Waals surface area contributed by atoms with Crippen LogP contribution in [0, 0.1) is 12.8 Å². The number of ether oxygens (including phenoxy) is 1. The molecule has 18 heteroatoms. The van der Waals surface area contributed by atoms with Crippen molar-refractivity contribution >= 4 is 67.4 Å². The second-order valence-corrected chi connectivity index (χ2v) is 20.3. The van der Waals surface area contributed by atoms with Crippen LogP contribution in [0.15, 0.2) is 131 Å². The van der Waals surface area contributed by atoms with Crippen LogP contribution in [0.4, 0.5) is 5.69 Å². The van der Waals surface area contributed by atoms with Crippen LogP contribution in [0.2, 0.25) is 5.02 Å². The second kappa shape index (κ2) is 24.7. The Labute approximate surface area is 420 Å². The van der Waals surface area contributed by atoms with Crippen LogP contribution < -0.4 is 21.5 Å². The average molecular weight is 1010 g/mol. The predicted octanol–water partition coefficient (Wildman–Crippen LogP) is 7.05. The number of nitrogens with zero attached hydrogens (tertiary/aromatic N) is 6. The molecule has 6 aromatic rings. The van der Waals surface area contributed by atoms with Gasteiger partial charge in [0.25, 0.3) is 11.5 Å². The van der Waals surface area contributed by atoms with Gasteiger partial charge in [0.1, 0.15) is 5.82 Å². The molecule has 0 spiro atoms. The van der Waals surface area contributed by atoms with Crippen molar-refractivity contribution in [3.05, 3.63) is 165 Å². The molecule has 0 bridgehead atoms. The SMILES string of the molecule is Cc1ccc(C(=O)N(CCCNC(=O)CCOCCN2CCN(S(=O)(=O)c3ccc(NC(=S)NCc4cccnc4)cc3)CC2)[C@@H](c2nc3cc(Cl)ccc3c(=O)n2Cc2ccccc2)C(C)C)cc1. The lowest BCUT2D eigenvalue weighted by atomic mass is 9.98. The highest BCUT2D eigenvalue weighted by Gasteiger charge is 2.33. The summed E-state index contributed by atoms with van der Waals surface area (Å²) in [7, 11) is -3.68. The molecule has 4 aromatic carbocycles. The summed E-state index contributed by atoms with van der Waals surface area (Å²) < 4.78 is 35.9. The lowest BCUT2D eigenvalue weighted by Gasteiger charge is -2.35. The first-order valence-corrected chi connectivity index (χ1v) is 25.7. The Morgan fingerprint density at radius 2 is 1.61 bits per heavy atom. The number of fused-ring (bicyclic) bond motifs is 1. The highest BCUT2D eigenvalue weighted by atomic mass is 35.5. The molecule has 0 aliphatic carbocycles. The van der Waals surface area contributed by atoms with Gasteiger partial charge in [-0.15, -0.1) is 0 Å². The largest absolute Gasteiger partial charge is 0.380 e. The van der Waals surface area contributed by atoms with Crippen LogP contribution in [0.5, 0.6) is 0 Å². The average Bonchev–Trinajstić information content (AvgIpc) is 3.36. The molecule has 1 aliphatic rings. The number of sulfonamides is 1. The number of carbonyl (C=O) groups is 2. The molecular formula is C52H60ClN9O6S2. The van der Waals surface area contributed by atoms with Crippen molar-refractivity contribution in [2.45, 2.75) is 57.6 Å². The van der Waals surface area contributed by atoms with E-state index in [1.54, 1.807) is 64.3 Å². The minimum Gasteiger partial charge on any atom is -0.380 e. The van der Waals surface area contributed by atoms with Gasteiger partial charge >= 0.3 is 0 Å². The third kappa shape index (κ3) is 13.8. The van der Waals surface area contributed by atoms with Gasteiger partial charge in [-0.05, 0) is 103 Å². The summed E-state index contributed by atoms with van der Waals surface area (Å²) in [5.41, 5.74) is 4.33. The van der Waals surface area contributed by atoms with Crippen molar-refractivity contribution in [1.29, 1.82) is 0 Å². The fraction of sp³-hybridized carbons (Fsp3) is 0.346. The number of hydrogen-bond donors (Lipinski definition) is 3. The normalized spacial score (nSPS) is 13.8. The van der Waals surface area contributed by atoms with E-state index in [1.165, 1.54) is 4.31 Å². The number of halogens is 1. The van der Waals surface area contributed by atoms with Crippen LogP contribution in [-0.4, -0.2) is 113 Å². The lowest BCUT2D eigenvalue weighted by molar-refractivity contribution is -0.122. The number of thiocarbonyl (C=S) groups is 1. The summed E-state index contributed by atoms with van der Waals surface area (Å²) >= 11 is 11.8. The second-order valence-electron chi connectivity index (χ2n) is 17.6. The molecule has 2 aromatic heterocycles. The van der Waals surface area contributed by atoms with E-state index < -0.39 is 16.1 Å². The number of aryl methyl sites for hydroxylation is 1. The molecule has 2 amide bonds. The number of piperazine rings is 1. The van der Waals surface area contributed by atoms with E-state index >= 15 is 0 Å². The molecule has 70 heavy (non-hydrogen) atoms. The zero-order valence-corrected chi connectivity index (χ0v) is 42.1. The summed E-state index contributed by atoms with van der Waals surface area (Å²) in [6.07, 6.45) is 4.06. The number of hydrogen-bond acceptors (Lipinski definition) is 10. The number of anilines is 1. The van der Waals surface area contributed by atoms with E-state index in [4.69, 9.17) is 33.5 Å². The number of nitrogens with one attached hydrogen (secondary N) is 3. The quantitative estimate of drug-likeness (QED) is 0.0497. The molecule has 0 unspecified atom stereocenters. The van der Waals surface area contributed by atoms with Gasteiger partial charge in [0.05, 0.1) is 41.6 Å². The van der Waals surface area contributed by atoms with Gasteiger partial charge in [0, 0.05) is 87.4 Å². The molecule has 3 heterocycles. The van der Waals surface area contributed by atoms with E-state index in [0.29, 0.717) is 97.0 Å². The number of rotatable bonds is 21. The number of aromatic nitrogens is 3. The molecule has 7 rings (SSSR count). The van der Waals surface area contributed by atoms with Gasteiger partial charge in [-0.25, -0.2) is 13.4 Å². The minimum absolute atomic E-state index is 0.157. The molecule has 15 nitrogen and oxygen atoms in total. The molecule has 0 radical (unpaired) electrons. The van der Waals surface area contributed by atoms with E-state index in [9.17, 15) is 22.8 Å². The van der Waals surface area contributed by atoms with Crippen LogP contribution in [0.3, 0.4) is 0 Å². The first kappa shape index (κ1) is 51.8. The summed E-state index contributed by atoms with van der Waals surface area (Å²) in [4.78, 5) is 55.1. The Morgan fingerprint density at radius 3 is 2.31 bits per heavy atom. The summed E-state index contributed by atoms with van der Waals surface area (Å²) in [6, 6.07) is 31.9. The highest BCUT2D eigenvalue weighted by molar-refractivity contribution is 7.89. The first-order valence-electron chi connectivity index (χ1n) is 23.5. The Morgan fingerprint density at radius 1 is 0.886 bits per heavy atom. The van der Waals surface area contributed by atoms with Gasteiger partial charge in [0.15, 0.2) is 5.11 Å². The van der Waals surface area contributed by atoms with Crippen molar-refractivity contribution in [2.24, 2.45) is 5.92 Å². The number of pyridine rings is 1. The topological polar surface area (TPSA) is 171 Å². The molecular weight excluding hydrogens is 946 g/mol. The summed E-state index contributed by atoms with van der Waals surface area (Å²) in [5.74, 6) is -0.0903. The maximum atomic E-state index is 14.5. The van der Waals surface area contributed by atoms with Crippen LogP contribution in [-0.2, 0) is 32.6 Å². The highest BCUT2D eigenvalue weighted by Crippen LogP contribution is 2.31. The van der Waals surface area contributed by atoms with E-state index in [2.05, 4.69) is 25.8 Å². The first-order chi connectivity index (χ1) is 33.8. The van der Waals surface area contributed by atoms with Crippen molar-refractivity contribution in [1.82, 2.24) is 39.3 Å². The standard InChI is InChI=1S/C52H60ClN9O6S2/c1-37(2)48(49-58-46-33-42(53)16-21-45(46)51(65)62(49)36-39-9-5-4-6-10-39)61(50(64)41-14-12-38(3)13-15-41)25-8-24-55-47(63)22-31-68-32-30-59-26-28-60(29-27-59)70(66,67)44-19-17-43(18-20-44)57-52(69)56-35-40-11-7-23-54-34-40/h4-7,9-21,23,33-34,37,48H,8,22,24-32,35-36H2,1-3H3,(H,55,63)(H2,56,57,69)/t48-/m1/s1. The fourth-order valence-corrected chi connectivity index (χ4v) is 10.1. The molecule has 0 saturated carbocycles. The van der Waals surface area contributed by atoms with Crippen molar-refractivity contribution in [3.63, 3.8) is 0 Å². The predicted molar refractivity (Wildman–Crippen MR) is 278 cm³/mol. The third-order valence-electron chi connectivity index (χ3n) is 12.1. The van der Waals surface area contributed by atoms with E-state index in [-0.39, 0.29) is 54.3 Å². The smallest absolute Gasteiger partial charge is 0.261 e. The Kier molecular flexibility index (Phi) is 18.2. The van der Waals surface area contributed by atoms with Gasteiger partial charge in [-0.2, -0.15) is 4.31 Å². The summed E-state index contributed by atoms with van der Waals surface area (Å²) in [6.45, 7) is 10.4. The van der Waals surface area contributed by atoms with Gasteiger partial charge in [-0.1, -0.05) is 79.5 Å². The zero-order chi connectivity index (χ0) is 49.6. The monoisotopic (exact) mass is 1010 g/mol. The molecule has 1 atom stereocenters. The van der Waals surface area contributed by atoms with Crippen molar-refractivity contribution < 1.29 is 22.7 Å². The molecule has 1 aliphatic heterocycles. The Balaban J connectivity index is 0.882. The molecule has 3 N–H and O–H groups in total. The van der Waals surface area contributed by atoms with Crippen LogP contribution in [0.1, 0.15) is 65.6 Å². The number of carbonyl (C=O) groups excluding carboxylic acids is 2. The molecule has 1 fully saturated rings. The fourth-order valence-electron chi connectivity index (χ4n) is 8.32. The maximum absolute atomic E-state index is 14.5. The number of benzene rings is 4. The number of amides is 2. The van der Waals surface area contributed by atoms with Gasteiger partial charge in [-0.3, -0.25) is 28.8 Å². The minimum atomic E-state index is -3.68. The lowest BCUT2D eigenvalue weighted by Crippen LogP contribution is -2.49. The molecule has 368 valence electrons. The Bertz CT molecular complexity index is 2880. The van der Waals surface area contributed by atoms with Crippen molar-refractivity contribution in [2.75, 3.05) is 64.3 Å². The zero-order valence-electron chi connectivity index (χ0n) is 39.7. The summed E-state index contributed by atoms with van der Waals surface area (Å²) in [5, 5.41) is 10.5. The van der Waals surface area contributed by atoms with Gasteiger partial charge < -0.3 is 25.6 Å². The van der Waals surface area contributed by atoms with E-state index in [1.807, 2.05) is 87.5 Å². The van der Waals surface area contributed by atoms with E-state index in [0.717, 1.165) is 16.7 Å². The maximum Gasteiger partial charge on any atom is 0.261 e. The van der Waals surface area contributed by atoms with Crippen LogP contribution in [0.25, 0.3) is 10.9 Å².